The summed E-state index contributed by atoms with van der Waals surface area (Å²) in [4.78, 5) is 16.2. The van der Waals surface area contributed by atoms with Crippen LogP contribution in [-0.4, -0.2) is 72.1 Å². The van der Waals surface area contributed by atoms with Gasteiger partial charge in [-0.15, -0.1) is 0 Å². The number of aromatic nitrogens is 1. The zero-order chi connectivity index (χ0) is 20.4. The number of nitrogens with zero attached hydrogens (tertiary/aromatic N) is 3. The molecule has 2 aromatic rings. The highest BCUT2D eigenvalue weighted by molar-refractivity contribution is 5.86. The number of halogens is 3. The lowest BCUT2D eigenvalue weighted by atomic mass is 10.1. The molecule has 2 aliphatic rings. The van der Waals surface area contributed by atoms with Crippen LogP contribution in [0.2, 0.25) is 0 Å². The normalized spacial score (nSPS) is 19.0. The van der Waals surface area contributed by atoms with Crippen molar-refractivity contribution in [3.63, 3.8) is 0 Å². The molecule has 1 aromatic heterocycles. The lowest BCUT2D eigenvalue weighted by Crippen LogP contribution is -2.51. The van der Waals surface area contributed by atoms with Crippen LogP contribution in [0, 0.1) is 0 Å². The Morgan fingerprint density at radius 2 is 1.76 bits per heavy atom. The molecule has 0 atom stereocenters. The lowest BCUT2D eigenvalue weighted by molar-refractivity contribution is -0.139. The molecule has 0 N–H and O–H groups in total. The van der Waals surface area contributed by atoms with Gasteiger partial charge in [-0.3, -0.25) is 0 Å². The minimum Gasteiger partial charge on any atom is -0.490 e. The molecule has 0 spiro atoms. The number of benzene rings is 1. The van der Waals surface area contributed by atoms with Gasteiger partial charge in [-0.05, 0) is 18.2 Å². The molecular weight excluding hydrogens is 387 g/mol. The van der Waals surface area contributed by atoms with Gasteiger partial charge in [-0.2, -0.15) is 13.2 Å². The van der Waals surface area contributed by atoms with Gasteiger partial charge in [0.1, 0.15) is 18.4 Å². The van der Waals surface area contributed by atoms with Crippen molar-refractivity contribution in [2.45, 2.75) is 31.7 Å². The molecule has 2 fully saturated rings. The van der Waals surface area contributed by atoms with Crippen LogP contribution in [0.15, 0.2) is 30.5 Å². The van der Waals surface area contributed by atoms with Crippen molar-refractivity contribution in [3.8, 4) is 5.75 Å². The first-order valence-corrected chi connectivity index (χ1v) is 9.83. The number of hydrogen-bond acceptors (Lipinski definition) is 3. The number of morpholine rings is 1. The van der Waals surface area contributed by atoms with Gasteiger partial charge in [0.05, 0.1) is 18.7 Å². The molecule has 158 valence electrons. The Bertz CT molecular complexity index is 854. The van der Waals surface area contributed by atoms with Crippen molar-refractivity contribution in [3.05, 3.63) is 30.5 Å². The van der Waals surface area contributed by atoms with Crippen LogP contribution < -0.4 is 4.74 Å². The number of alkyl halides is 3. The van der Waals surface area contributed by atoms with Crippen molar-refractivity contribution in [1.29, 1.82) is 0 Å². The molecule has 6 nitrogen and oxygen atoms in total. The first-order chi connectivity index (χ1) is 13.9. The van der Waals surface area contributed by atoms with E-state index in [1.54, 1.807) is 24.3 Å². The second kappa shape index (κ2) is 8.14. The topological polar surface area (TPSA) is 46.9 Å². The first-order valence-electron chi connectivity index (χ1n) is 9.83. The van der Waals surface area contributed by atoms with Gasteiger partial charge in [0.15, 0.2) is 0 Å². The molecule has 0 bridgehead atoms. The van der Waals surface area contributed by atoms with Crippen molar-refractivity contribution in [2.75, 3.05) is 39.4 Å². The molecule has 4 rings (SSSR count). The number of piperidine rings is 1. The maximum atomic E-state index is 12.8. The van der Waals surface area contributed by atoms with E-state index in [1.807, 2.05) is 9.80 Å². The highest BCUT2D eigenvalue weighted by Crippen LogP contribution is 2.31. The van der Waals surface area contributed by atoms with Crippen molar-refractivity contribution in [2.24, 2.45) is 0 Å². The first kappa shape index (κ1) is 19.9. The lowest BCUT2D eigenvalue weighted by Gasteiger charge is -2.37. The molecule has 0 aliphatic carbocycles. The summed E-state index contributed by atoms with van der Waals surface area (Å²) >= 11 is 0. The fourth-order valence-electron chi connectivity index (χ4n) is 3.93. The summed E-state index contributed by atoms with van der Waals surface area (Å²) < 4.78 is 50.9. The van der Waals surface area contributed by atoms with E-state index >= 15 is 0 Å². The summed E-state index contributed by atoms with van der Waals surface area (Å²) in [6.07, 6.45) is -1.52. The zero-order valence-corrected chi connectivity index (χ0v) is 16.0. The van der Waals surface area contributed by atoms with Crippen molar-refractivity contribution >= 4 is 16.9 Å². The van der Waals surface area contributed by atoms with E-state index in [9.17, 15) is 18.0 Å². The Kier molecular flexibility index (Phi) is 5.58. The third-order valence-corrected chi connectivity index (χ3v) is 5.41. The molecular formula is C20H24F3N3O3. The van der Waals surface area contributed by atoms with Gasteiger partial charge >= 0.3 is 12.2 Å². The number of ether oxygens (including phenoxy) is 2. The summed E-state index contributed by atoms with van der Waals surface area (Å²) in [5.41, 5.74) is 0.500. The summed E-state index contributed by atoms with van der Waals surface area (Å²) in [5, 5.41) is 0.670. The Balaban J connectivity index is 1.38. The summed E-state index contributed by atoms with van der Waals surface area (Å²) in [5.74, 6) is 0.585. The van der Waals surface area contributed by atoms with E-state index in [4.69, 9.17) is 9.47 Å². The van der Waals surface area contributed by atoms with Gasteiger partial charge in [-0.25, -0.2) is 4.79 Å². The third kappa shape index (κ3) is 4.60. The van der Waals surface area contributed by atoms with Gasteiger partial charge in [0.25, 0.3) is 0 Å². The smallest absolute Gasteiger partial charge is 0.406 e. The van der Waals surface area contributed by atoms with E-state index in [1.165, 1.54) is 10.8 Å². The Morgan fingerprint density at radius 1 is 1.07 bits per heavy atom. The van der Waals surface area contributed by atoms with Gasteiger partial charge in [0.2, 0.25) is 0 Å². The van der Waals surface area contributed by atoms with Crippen molar-refractivity contribution < 1.29 is 27.4 Å². The minimum atomic E-state index is -4.28. The van der Waals surface area contributed by atoms with Crippen LogP contribution in [-0.2, 0) is 11.3 Å². The van der Waals surface area contributed by atoms with Crippen LogP contribution in [0.25, 0.3) is 10.9 Å². The monoisotopic (exact) mass is 411 g/mol. The van der Waals surface area contributed by atoms with Crippen LogP contribution in [0.1, 0.15) is 12.8 Å². The number of rotatable bonds is 3. The van der Waals surface area contributed by atoms with E-state index in [0.717, 1.165) is 0 Å². The molecule has 2 aliphatic heterocycles. The highest BCUT2D eigenvalue weighted by Gasteiger charge is 2.30. The van der Waals surface area contributed by atoms with E-state index in [2.05, 4.69) is 0 Å². The molecule has 0 radical (unpaired) electrons. The van der Waals surface area contributed by atoms with Crippen molar-refractivity contribution in [1.82, 2.24) is 14.4 Å². The van der Waals surface area contributed by atoms with Gasteiger partial charge < -0.3 is 23.8 Å². The maximum absolute atomic E-state index is 12.8. The number of fused-ring (bicyclic) bond motifs is 1. The number of urea groups is 1. The van der Waals surface area contributed by atoms with Gasteiger partial charge in [-0.1, -0.05) is 6.07 Å². The molecule has 9 heteroatoms. The Labute approximate surface area is 166 Å². The zero-order valence-electron chi connectivity index (χ0n) is 16.0. The standard InChI is InChI=1S/C20H24F3N3O3/c21-20(22,23)14-26-9-6-16-17(26)2-1-3-18(16)29-15-4-7-24(8-5-15)19(27)25-10-12-28-13-11-25/h1-3,6,9,15H,4-5,7-8,10-14H2. The number of hydrogen-bond donors (Lipinski definition) is 0. The molecule has 29 heavy (non-hydrogen) atoms. The van der Waals surface area contributed by atoms with Crippen LogP contribution >= 0.6 is 0 Å². The summed E-state index contributed by atoms with van der Waals surface area (Å²) in [6.45, 7) is 2.56. The second-order valence-corrected chi connectivity index (χ2v) is 7.43. The molecule has 0 unspecified atom stereocenters. The molecule has 3 heterocycles. The number of carbonyl (C=O) groups is 1. The van der Waals surface area contributed by atoms with E-state index < -0.39 is 12.7 Å². The molecule has 2 amide bonds. The number of carbonyl (C=O) groups excluding carboxylic acids is 1. The summed E-state index contributed by atoms with van der Waals surface area (Å²) in [7, 11) is 0. The highest BCUT2D eigenvalue weighted by atomic mass is 19.4. The summed E-state index contributed by atoms with van der Waals surface area (Å²) in [6, 6.07) is 6.86. The SMILES string of the molecule is O=C(N1CCOCC1)N1CCC(Oc2cccc3c2ccn3CC(F)(F)F)CC1. The average Bonchev–Trinajstić information content (AvgIpc) is 3.11. The van der Waals surface area contributed by atoms with Crippen LogP contribution in [0.4, 0.5) is 18.0 Å². The third-order valence-electron chi connectivity index (χ3n) is 5.41. The Morgan fingerprint density at radius 3 is 2.45 bits per heavy atom. The maximum Gasteiger partial charge on any atom is 0.406 e. The molecule has 2 saturated heterocycles. The quantitative estimate of drug-likeness (QED) is 0.777. The Hall–Kier alpha value is -2.42. The fourth-order valence-corrected chi connectivity index (χ4v) is 3.93. The average molecular weight is 411 g/mol. The predicted molar refractivity (Wildman–Crippen MR) is 101 cm³/mol. The predicted octanol–water partition coefficient (Wildman–Crippen LogP) is 3.50. The minimum absolute atomic E-state index is 0.0399. The van der Waals surface area contributed by atoms with Crippen LogP contribution in [0.3, 0.4) is 0 Å². The van der Waals surface area contributed by atoms with Gasteiger partial charge in [0, 0.05) is 50.6 Å². The molecule has 0 saturated carbocycles. The molecule has 1 aromatic carbocycles. The van der Waals surface area contributed by atoms with E-state index in [-0.39, 0.29) is 12.1 Å². The largest absolute Gasteiger partial charge is 0.490 e. The second-order valence-electron chi connectivity index (χ2n) is 7.43. The van der Waals surface area contributed by atoms with E-state index in [0.29, 0.717) is 68.9 Å². The fraction of sp³-hybridized carbons (Fsp3) is 0.550. The van der Waals surface area contributed by atoms with Crippen LogP contribution in [0.5, 0.6) is 5.75 Å². The number of likely N-dealkylation sites (tertiary alicyclic amines) is 1. The number of amides is 2.